The van der Waals surface area contributed by atoms with Crippen molar-refractivity contribution in [3.8, 4) is 0 Å². The molecule has 2 N–H and O–H groups in total. The summed E-state index contributed by atoms with van der Waals surface area (Å²) in [6, 6.07) is 0. The van der Waals surface area contributed by atoms with Crippen LogP contribution in [0, 0.1) is 5.41 Å². The van der Waals surface area contributed by atoms with E-state index >= 15 is 0 Å². The molecule has 0 aromatic rings. The summed E-state index contributed by atoms with van der Waals surface area (Å²) in [5, 5.41) is 6.91. The number of nitrogens with one attached hydrogen (secondary N) is 2. The first-order valence-electron chi connectivity index (χ1n) is 9.77. The zero-order valence-corrected chi connectivity index (χ0v) is 17.2. The number of likely N-dealkylation sites (N-methyl/N-ethyl adjacent to an activating group) is 1. The largest absolute Gasteiger partial charge is 0.381 e. The average molecular weight is 368 g/mol. The van der Waals surface area contributed by atoms with Crippen LogP contribution >= 0.6 is 0 Å². The second kappa shape index (κ2) is 9.04. The van der Waals surface area contributed by atoms with E-state index in [0.717, 1.165) is 64.2 Å². The quantitative estimate of drug-likeness (QED) is 0.539. The third-order valence-electron chi connectivity index (χ3n) is 6.20. The molecule has 2 aliphatic rings. The van der Waals surface area contributed by atoms with Crippen LogP contribution < -0.4 is 10.6 Å². The summed E-state index contributed by atoms with van der Waals surface area (Å²) in [5.41, 5.74) is -0.209. The van der Waals surface area contributed by atoms with Crippen molar-refractivity contribution in [2.75, 3.05) is 61.5 Å². The Morgan fingerprint density at radius 3 is 2.08 bits per heavy atom. The van der Waals surface area contributed by atoms with Gasteiger partial charge in [0.05, 0.1) is 5.41 Å². The number of nitrogens with zero attached hydrogens (tertiary/aromatic N) is 3. The fraction of sp³-hybridized carbons (Fsp3) is 0.895. The zero-order valence-electron chi connectivity index (χ0n) is 17.2. The van der Waals surface area contributed by atoms with Gasteiger partial charge in [-0.05, 0) is 39.8 Å². The molecule has 2 fully saturated rings. The van der Waals surface area contributed by atoms with Gasteiger partial charge in [0.15, 0.2) is 5.96 Å². The molecule has 0 radical (unpaired) electrons. The highest BCUT2D eigenvalue weighted by Gasteiger charge is 2.42. The van der Waals surface area contributed by atoms with Gasteiger partial charge in [0.2, 0.25) is 5.91 Å². The molecule has 1 saturated heterocycles. The molecule has 0 bridgehead atoms. The van der Waals surface area contributed by atoms with Crippen LogP contribution in [-0.4, -0.2) is 88.7 Å². The Balaban J connectivity index is 1.95. The highest BCUT2D eigenvalue weighted by atomic mass is 16.5. The summed E-state index contributed by atoms with van der Waals surface area (Å²) in [5.74, 6) is 1.00. The lowest BCUT2D eigenvalue weighted by molar-refractivity contribution is -0.138. The van der Waals surface area contributed by atoms with Crippen LogP contribution in [0.25, 0.3) is 0 Å². The number of carbonyl (C=O) groups is 1. The Morgan fingerprint density at radius 2 is 1.58 bits per heavy atom. The topological polar surface area (TPSA) is 69.2 Å². The molecule has 0 spiro atoms. The summed E-state index contributed by atoms with van der Waals surface area (Å²) in [4.78, 5) is 21.1. The Bertz CT molecular complexity index is 492. The van der Waals surface area contributed by atoms with E-state index in [4.69, 9.17) is 4.74 Å². The van der Waals surface area contributed by atoms with E-state index in [9.17, 15) is 4.79 Å². The fourth-order valence-electron chi connectivity index (χ4n) is 4.25. The van der Waals surface area contributed by atoms with Gasteiger partial charge >= 0.3 is 0 Å². The highest BCUT2D eigenvalue weighted by Crippen LogP contribution is 2.38. The molecule has 1 amide bonds. The molecule has 1 saturated carbocycles. The average Bonchev–Trinajstić information content (AvgIpc) is 3.11. The third-order valence-corrected chi connectivity index (χ3v) is 6.20. The van der Waals surface area contributed by atoms with Crippen molar-refractivity contribution in [3.05, 3.63) is 0 Å². The molecule has 150 valence electrons. The number of ether oxygens (including phenoxy) is 1. The van der Waals surface area contributed by atoms with E-state index in [2.05, 4.69) is 34.6 Å². The zero-order chi connectivity index (χ0) is 19.2. The van der Waals surface area contributed by atoms with E-state index in [1.807, 2.05) is 14.1 Å². The molecular weight excluding hydrogens is 330 g/mol. The maximum Gasteiger partial charge on any atom is 0.230 e. The molecule has 1 aliphatic carbocycles. The van der Waals surface area contributed by atoms with Crippen molar-refractivity contribution in [1.29, 1.82) is 0 Å². The van der Waals surface area contributed by atoms with Crippen LogP contribution in [0.4, 0.5) is 0 Å². The van der Waals surface area contributed by atoms with E-state index in [-0.39, 0.29) is 16.9 Å². The summed E-state index contributed by atoms with van der Waals surface area (Å²) < 4.78 is 5.54. The smallest absolute Gasteiger partial charge is 0.230 e. The first-order valence-corrected chi connectivity index (χ1v) is 9.77. The van der Waals surface area contributed by atoms with Crippen LogP contribution in [0.3, 0.4) is 0 Å². The molecule has 0 aromatic heterocycles. The van der Waals surface area contributed by atoms with E-state index in [1.165, 1.54) is 0 Å². The van der Waals surface area contributed by atoms with E-state index in [0.29, 0.717) is 6.54 Å². The Hall–Kier alpha value is -1.34. The molecule has 0 unspecified atom stereocenters. The summed E-state index contributed by atoms with van der Waals surface area (Å²) in [7, 11) is 9.75. The Morgan fingerprint density at radius 1 is 1.00 bits per heavy atom. The minimum absolute atomic E-state index is 0.0837. The number of rotatable bonds is 6. The SMILES string of the molecule is CN=C(NCC1(C(=O)N(C)C)CCCC1)NCC1(N(C)C)CCOCC1. The molecule has 0 aromatic carbocycles. The van der Waals surface area contributed by atoms with Crippen molar-refractivity contribution in [2.24, 2.45) is 10.4 Å². The van der Waals surface area contributed by atoms with Gasteiger partial charge in [-0.1, -0.05) is 12.8 Å². The van der Waals surface area contributed by atoms with Crippen LogP contribution in [0.5, 0.6) is 0 Å². The molecule has 2 rings (SSSR count). The lowest BCUT2D eigenvalue weighted by Gasteiger charge is -2.43. The summed E-state index contributed by atoms with van der Waals surface area (Å²) in [6.07, 6.45) is 6.16. The van der Waals surface area contributed by atoms with Crippen LogP contribution in [-0.2, 0) is 9.53 Å². The molecule has 0 atom stereocenters. The first-order chi connectivity index (χ1) is 12.4. The molecule has 7 nitrogen and oxygen atoms in total. The van der Waals surface area contributed by atoms with Crippen molar-refractivity contribution in [3.63, 3.8) is 0 Å². The Kier molecular flexibility index (Phi) is 7.29. The number of amides is 1. The Labute approximate surface area is 158 Å². The van der Waals surface area contributed by atoms with E-state index in [1.54, 1.807) is 11.9 Å². The minimum atomic E-state index is -0.293. The molecule has 7 heteroatoms. The van der Waals surface area contributed by atoms with Crippen LogP contribution in [0.15, 0.2) is 4.99 Å². The predicted molar refractivity (Wildman–Crippen MR) is 105 cm³/mol. The van der Waals surface area contributed by atoms with Gasteiger partial charge in [-0.15, -0.1) is 0 Å². The number of carbonyl (C=O) groups excluding carboxylic acids is 1. The molecular formula is C19H37N5O2. The number of guanidine groups is 1. The predicted octanol–water partition coefficient (Wildman–Crippen LogP) is 0.911. The number of hydrogen-bond donors (Lipinski definition) is 2. The van der Waals surface area contributed by atoms with E-state index < -0.39 is 0 Å². The fourth-order valence-corrected chi connectivity index (χ4v) is 4.25. The van der Waals surface area contributed by atoms with Gasteiger partial charge in [0.25, 0.3) is 0 Å². The monoisotopic (exact) mass is 367 g/mol. The highest BCUT2D eigenvalue weighted by molar-refractivity contribution is 5.85. The van der Waals surface area contributed by atoms with Crippen molar-refractivity contribution in [1.82, 2.24) is 20.4 Å². The van der Waals surface area contributed by atoms with Gasteiger partial charge in [-0.2, -0.15) is 0 Å². The van der Waals surface area contributed by atoms with Crippen LogP contribution in [0.1, 0.15) is 38.5 Å². The van der Waals surface area contributed by atoms with Gasteiger partial charge in [0.1, 0.15) is 0 Å². The maximum absolute atomic E-state index is 12.7. The second-order valence-corrected chi connectivity index (χ2v) is 8.20. The first kappa shape index (κ1) is 21.0. The minimum Gasteiger partial charge on any atom is -0.381 e. The molecule has 26 heavy (non-hydrogen) atoms. The normalized spacial score (nSPS) is 22.3. The summed E-state index contributed by atoms with van der Waals surface area (Å²) >= 11 is 0. The number of aliphatic imine (C=N–C) groups is 1. The van der Waals surface area contributed by atoms with Crippen LogP contribution in [0.2, 0.25) is 0 Å². The molecule has 1 aliphatic heterocycles. The van der Waals surface area contributed by atoms with Gasteiger partial charge in [-0.25, -0.2) is 0 Å². The standard InChI is InChI=1S/C19H37N5O2/c1-20-17(22-15-19(24(4)5)10-12-26-13-11-19)21-14-18(8-6-7-9-18)16(25)23(2)3/h6-15H2,1-5H3,(H2,20,21,22). The second-order valence-electron chi connectivity index (χ2n) is 8.20. The number of hydrogen-bond acceptors (Lipinski definition) is 4. The van der Waals surface area contributed by atoms with Crippen molar-refractivity contribution in [2.45, 2.75) is 44.1 Å². The third kappa shape index (κ3) is 4.68. The van der Waals surface area contributed by atoms with Gasteiger partial charge in [0, 0.05) is 53.0 Å². The maximum atomic E-state index is 12.7. The van der Waals surface area contributed by atoms with Crippen molar-refractivity contribution >= 4 is 11.9 Å². The summed E-state index contributed by atoms with van der Waals surface area (Å²) in [6.45, 7) is 3.05. The van der Waals surface area contributed by atoms with Gasteiger partial charge in [-0.3, -0.25) is 9.79 Å². The molecule has 1 heterocycles. The lowest BCUT2D eigenvalue weighted by atomic mass is 9.84. The van der Waals surface area contributed by atoms with Gasteiger partial charge < -0.3 is 25.2 Å². The lowest BCUT2D eigenvalue weighted by Crippen LogP contribution is -2.57. The van der Waals surface area contributed by atoms with Crippen molar-refractivity contribution < 1.29 is 9.53 Å².